The van der Waals surface area contributed by atoms with Crippen LogP contribution >= 0.6 is 23.2 Å². The van der Waals surface area contributed by atoms with Crippen LogP contribution in [-0.2, 0) is 9.59 Å². The van der Waals surface area contributed by atoms with Crippen molar-refractivity contribution >= 4 is 52.4 Å². The van der Waals surface area contributed by atoms with E-state index >= 15 is 0 Å². The second-order valence-electron chi connectivity index (χ2n) is 4.73. The molecule has 5 N–H and O–H groups in total. The molecule has 25 heavy (non-hydrogen) atoms. The van der Waals surface area contributed by atoms with E-state index in [1.165, 1.54) is 12.1 Å². The first kappa shape index (κ1) is 18.4. The van der Waals surface area contributed by atoms with E-state index in [4.69, 9.17) is 28.3 Å². The lowest BCUT2D eigenvalue weighted by Gasteiger charge is -2.10. The number of carboxylic acids is 1. The van der Waals surface area contributed by atoms with Gasteiger partial charge in [-0.1, -0.05) is 23.2 Å². The zero-order valence-electron chi connectivity index (χ0n) is 12.2. The third-order valence-electron chi connectivity index (χ3n) is 2.97. The second-order valence-corrected chi connectivity index (χ2v) is 5.57. The van der Waals surface area contributed by atoms with E-state index in [-0.39, 0.29) is 27.0 Å². The Labute approximate surface area is 150 Å². The molecule has 0 aliphatic rings. The lowest BCUT2D eigenvalue weighted by molar-refractivity contribution is -0.133. The highest BCUT2D eigenvalue weighted by atomic mass is 35.5. The zero-order chi connectivity index (χ0) is 18.7. The van der Waals surface area contributed by atoms with Gasteiger partial charge in [-0.15, -0.1) is 0 Å². The fourth-order valence-electron chi connectivity index (χ4n) is 1.79. The first-order chi connectivity index (χ1) is 11.7. The summed E-state index contributed by atoms with van der Waals surface area (Å²) in [6, 6.07) is 5.58. The first-order valence-corrected chi connectivity index (χ1v) is 7.31. The Balaban J connectivity index is 2.18. The molecule has 2 amide bonds. The third kappa shape index (κ3) is 4.31. The van der Waals surface area contributed by atoms with Crippen LogP contribution in [0.25, 0.3) is 0 Å². The van der Waals surface area contributed by atoms with Crippen LogP contribution in [0, 0.1) is 0 Å². The molecule has 0 fully saturated rings. The summed E-state index contributed by atoms with van der Waals surface area (Å²) in [6.07, 6.45) is 0. The number of phenols is 2. The molecular weight excluding hydrogens is 375 g/mol. The Morgan fingerprint density at radius 3 is 2.08 bits per heavy atom. The second kappa shape index (κ2) is 7.29. The van der Waals surface area contributed by atoms with E-state index in [9.17, 15) is 24.6 Å². The van der Waals surface area contributed by atoms with E-state index in [0.717, 1.165) is 18.2 Å². The molecule has 130 valence electrons. The molecule has 0 spiro atoms. The predicted octanol–water partition coefficient (Wildman–Crippen LogP) is 2.68. The van der Waals surface area contributed by atoms with Crippen LogP contribution in [0.5, 0.6) is 11.5 Å². The average molecular weight is 385 g/mol. The van der Waals surface area contributed by atoms with E-state index in [1.54, 1.807) is 0 Å². The maximum absolute atomic E-state index is 11.9. The van der Waals surface area contributed by atoms with Crippen molar-refractivity contribution in [3.8, 4) is 11.5 Å². The highest BCUT2D eigenvalue weighted by Gasteiger charge is 2.19. The highest BCUT2D eigenvalue weighted by molar-refractivity contribution is 6.44. The summed E-state index contributed by atoms with van der Waals surface area (Å²) in [6.45, 7) is 0. The number of hydrogen-bond acceptors (Lipinski definition) is 5. The molecule has 0 heterocycles. The number of carboxylic acid groups (broad SMARTS) is 1. The number of phenolic OH excluding ortho intramolecular Hbond substituents is 2. The third-order valence-corrected chi connectivity index (χ3v) is 3.48. The van der Waals surface area contributed by atoms with Crippen molar-refractivity contribution in [2.75, 3.05) is 10.6 Å². The summed E-state index contributed by atoms with van der Waals surface area (Å²) in [5, 5.41) is 32.4. The standard InChI is InChI=1S/C15H10Cl2N2O6/c16-7-4-8(17)12(21)10(5-7)19-14(23)13(22)18-9-3-6(15(24)25)1-2-11(9)20/h1-5,20-21H,(H,18,22)(H,19,23)(H,24,25). The van der Waals surface area contributed by atoms with Crippen molar-refractivity contribution in [3.63, 3.8) is 0 Å². The van der Waals surface area contributed by atoms with Gasteiger partial charge >= 0.3 is 17.8 Å². The number of carbonyl (C=O) groups is 3. The van der Waals surface area contributed by atoms with Crippen LogP contribution in [0.3, 0.4) is 0 Å². The molecule has 0 unspecified atom stereocenters. The molecule has 2 rings (SSSR count). The summed E-state index contributed by atoms with van der Waals surface area (Å²) < 4.78 is 0. The number of anilines is 2. The number of amides is 2. The van der Waals surface area contributed by atoms with Crippen molar-refractivity contribution in [1.29, 1.82) is 0 Å². The van der Waals surface area contributed by atoms with Crippen LogP contribution in [0.1, 0.15) is 10.4 Å². The molecule has 10 heteroatoms. The molecule has 0 aliphatic heterocycles. The van der Waals surface area contributed by atoms with E-state index in [1.807, 2.05) is 0 Å². The topological polar surface area (TPSA) is 136 Å². The van der Waals surface area contributed by atoms with Gasteiger partial charge in [0, 0.05) is 5.02 Å². The number of aromatic carboxylic acids is 1. The van der Waals surface area contributed by atoms with Crippen LogP contribution in [0.4, 0.5) is 11.4 Å². The summed E-state index contributed by atoms with van der Waals surface area (Å²) in [5.41, 5.74) is -0.665. The van der Waals surface area contributed by atoms with Gasteiger partial charge in [-0.05, 0) is 30.3 Å². The van der Waals surface area contributed by atoms with Gasteiger partial charge in [0.2, 0.25) is 0 Å². The summed E-state index contributed by atoms with van der Waals surface area (Å²) in [5.74, 6) is -4.61. The minimum Gasteiger partial charge on any atom is -0.506 e. The minimum absolute atomic E-state index is 0.116. The molecule has 8 nitrogen and oxygen atoms in total. The van der Waals surface area contributed by atoms with E-state index in [2.05, 4.69) is 10.6 Å². The zero-order valence-corrected chi connectivity index (χ0v) is 13.7. The van der Waals surface area contributed by atoms with Gasteiger partial charge < -0.3 is 26.0 Å². The van der Waals surface area contributed by atoms with E-state index in [0.29, 0.717) is 0 Å². The Morgan fingerprint density at radius 2 is 1.48 bits per heavy atom. The van der Waals surface area contributed by atoms with Gasteiger partial charge in [0.15, 0.2) is 5.75 Å². The molecule has 2 aromatic carbocycles. The summed E-state index contributed by atoms with van der Waals surface area (Å²) >= 11 is 11.5. The number of carbonyl (C=O) groups excluding carboxylic acids is 2. The van der Waals surface area contributed by atoms with Crippen molar-refractivity contribution in [2.24, 2.45) is 0 Å². The molecule has 0 saturated heterocycles. The van der Waals surface area contributed by atoms with Gasteiger partial charge in [0.1, 0.15) is 5.75 Å². The average Bonchev–Trinajstić information content (AvgIpc) is 2.53. The molecular formula is C15H10Cl2N2O6. The Bertz CT molecular complexity index is 885. The molecule has 0 radical (unpaired) electrons. The molecule has 0 aliphatic carbocycles. The molecule has 2 aromatic rings. The smallest absolute Gasteiger partial charge is 0.335 e. The fraction of sp³-hybridized carbons (Fsp3) is 0. The lowest BCUT2D eigenvalue weighted by atomic mass is 10.2. The quantitative estimate of drug-likeness (QED) is 0.407. The van der Waals surface area contributed by atoms with Crippen molar-refractivity contribution in [2.45, 2.75) is 0 Å². The number of rotatable bonds is 3. The fourth-order valence-corrected chi connectivity index (χ4v) is 2.28. The molecule has 0 bridgehead atoms. The van der Waals surface area contributed by atoms with Crippen molar-refractivity contribution in [1.82, 2.24) is 0 Å². The Morgan fingerprint density at radius 1 is 0.880 bits per heavy atom. The molecule has 0 atom stereocenters. The van der Waals surface area contributed by atoms with E-state index < -0.39 is 29.3 Å². The number of hydrogen-bond donors (Lipinski definition) is 5. The number of nitrogens with one attached hydrogen (secondary N) is 2. The Kier molecular flexibility index (Phi) is 5.35. The van der Waals surface area contributed by atoms with Gasteiger partial charge in [-0.2, -0.15) is 0 Å². The van der Waals surface area contributed by atoms with Gasteiger partial charge in [0.25, 0.3) is 0 Å². The highest BCUT2D eigenvalue weighted by Crippen LogP contribution is 2.35. The molecule has 0 aromatic heterocycles. The minimum atomic E-state index is -1.28. The van der Waals surface area contributed by atoms with Crippen molar-refractivity contribution < 1.29 is 29.7 Å². The monoisotopic (exact) mass is 384 g/mol. The summed E-state index contributed by atoms with van der Waals surface area (Å²) in [4.78, 5) is 34.7. The van der Waals surface area contributed by atoms with Crippen LogP contribution in [0.2, 0.25) is 10.0 Å². The SMILES string of the molecule is O=C(Nc1cc(C(=O)O)ccc1O)C(=O)Nc1cc(Cl)cc(Cl)c1O. The number of benzene rings is 2. The largest absolute Gasteiger partial charge is 0.506 e. The maximum atomic E-state index is 11.9. The Hall–Kier alpha value is -2.97. The predicted molar refractivity (Wildman–Crippen MR) is 90.5 cm³/mol. The van der Waals surface area contributed by atoms with Gasteiger partial charge in [-0.3, -0.25) is 9.59 Å². The van der Waals surface area contributed by atoms with Crippen molar-refractivity contribution in [3.05, 3.63) is 45.9 Å². The van der Waals surface area contributed by atoms with Gasteiger partial charge in [0.05, 0.1) is 22.0 Å². The normalized spacial score (nSPS) is 10.2. The summed E-state index contributed by atoms with van der Waals surface area (Å²) in [7, 11) is 0. The van der Waals surface area contributed by atoms with Crippen LogP contribution in [0.15, 0.2) is 30.3 Å². The maximum Gasteiger partial charge on any atom is 0.335 e. The molecule has 0 saturated carbocycles. The van der Waals surface area contributed by atoms with Crippen LogP contribution < -0.4 is 10.6 Å². The van der Waals surface area contributed by atoms with Crippen LogP contribution in [-0.4, -0.2) is 33.1 Å². The lowest BCUT2D eigenvalue weighted by Crippen LogP contribution is -2.29. The van der Waals surface area contributed by atoms with Gasteiger partial charge in [-0.25, -0.2) is 4.79 Å². The number of halogens is 2. The number of aromatic hydroxyl groups is 2. The first-order valence-electron chi connectivity index (χ1n) is 6.55.